The fourth-order valence-corrected chi connectivity index (χ4v) is 0.411. The zero-order valence-electron chi connectivity index (χ0n) is 5.13. The van der Waals surface area contributed by atoms with Gasteiger partial charge in [-0.1, -0.05) is 0 Å². The first-order chi connectivity index (χ1) is 4.57. The molecular weight excluding hydrogens is 204 g/mol. The smallest absolute Gasteiger partial charge is 0.343 e. The molecule has 0 bridgehead atoms. The van der Waals surface area contributed by atoms with Crippen LogP contribution in [0, 0.1) is 0 Å². The van der Waals surface area contributed by atoms with Crippen molar-refractivity contribution in [1.29, 1.82) is 0 Å². The minimum atomic E-state index is -1.20. The minimum Gasteiger partial charge on any atom is -0.477 e. The lowest BCUT2D eigenvalue weighted by Crippen LogP contribution is -2.00. The maximum Gasteiger partial charge on any atom is 0.343 e. The van der Waals surface area contributed by atoms with Crippen LogP contribution in [0.3, 0.4) is 0 Å². The first kappa shape index (κ1) is 9.16. The third-order valence-electron chi connectivity index (χ3n) is 0.650. The number of hydrogen-bond acceptors (Lipinski definition) is 3. The van der Waals surface area contributed by atoms with Gasteiger partial charge in [0.25, 0.3) is 0 Å². The highest BCUT2D eigenvalue weighted by atomic mass is 79.9. The Bertz CT molecular complexity index is 184. The summed E-state index contributed by atoms with van der Waals surface area (Å²) in [6.45, 7) is 0. The van der Waals surface area contributed by atoms with Crippen LogP contribution in [-0.2, 0) is 14.3 Å². The van der Waals surface area contributed by atoms with Crippen molar-refractivity contribution < 1.29 is 19.4 Å². The number of carbonyl (C=O) groups excluding carboxylic acids is 1. The van der Waals surface area contributed by atoms with Gasteiger partial charge >= 0.3 is 11.9 Å². The number of carbonyl (C=O) groups is 2. The molecule has 0 amide bonds. The quantitative estimate of drug-likeness (QED) is 0.531. The van der Waals surface area contributed by atoms with E-state index in [1.165, 1.54) is 7.11 Å². The number of methoxy groups -OCH3 is 1. The maximum absolute atomic E-state index is 10.3. The first-order valence-electron chi connectivity index (χ1n) is 2.26. The fraction of sp³-hybridized carbons (Fsp3) is 0.200. The van der Waals surface area contributed by atoms with Crippen molar-refractivity contribution >= 4 is 27.9 Å². The van der Waals surface area contributed by atoms with E-state index in [0.717, 1.165) is 6.08 Å². The van der Waals surface area contributed by atoms with Gasteiger partial charge in [-0.15, -0.1) is 0 Å². The third kappa shape index (κ3) is 3.24. The number of aliphatic carboxylic acids is 1. The molecule has 0 aliphatic carbocycles. The van der Waals surface area contributed by atoms with E-state index >= 15 is 0 Å². The molecule has 0 aromatic heterocycles. The molecule has 0 heterocycles. The van der Waals surface area contributed by atoms with Crippen LogP contribution < -0.4 is 0 Å². The van der Waals surface area contributed by atoms with Crippen LogP contribution in [0.5, 0.6) is 0 Å². The summed E-state index contributed by atoms with van der Waals surface area (Å²) < 4.78 is 3.94. The molecule has 0 aliphatic heterocycles. The van der Waals surface area contributed by atoms with Crippen LogP contribution in [0.2, 0.25) is 0 Å². The van der Waals surface area contributed by atoms with Gasteiger partial charge in [0.2, 0.25) is 0 Å². The molecule has 56 valence electrons. The summed E-state index contributed by atoms with van der Waals surface area (Å²) in [5.74, 6) is -1.90. The van der Waals surface area contributed by atoms with Crippen LogP contribution in [-0.4, -0.2) is 24.2 Å². The lowest BCUT2D eigenvalue weighted by atomic mass is 10.5. The van der Waals surface area contributed by atoms with Crippen molar-refractivity contribution in [2.45, 2.75) is 0 Å². The second-order valence-corrected chi connectivity index (χ2v) is 2.17. The molecular formula is C5H5BrO4. The number of ether oxygens (including phenoxy) is 1. The molecule has 0 aromatic rings. The molecule has 0 saturated carbocycles. The highest BCUT2D eigenvalue weighted by Gasteiger charge is 2.04. The molecule has 0 saturated heterocycles. The number of carboxylic acid groups (broad SMARTS) is 1. The van der Waals surface area contributed by atoms with E-state index in [1.807, 2.05) is 0 Å². The molecule has 0 spiro atoms. The number of carboxylic acids is 1. The van der Waals surface area contributed by atoms with Crippen molar-refractivity contribution in [3.05, 3.63) is 10.6 Å². The van der Waals surface area contributed by atoms with E-state index in [0.29, 0.717) is 0 Å². The van der Waals surface area contributed by atoms with E-state index in [2.05, 4.69) is 20.7 Å². The van der Waals surface area contributed by atoms with Crippen molar-refractivity contribution in [3.63, 3.8) is 0 Å². The van der Waals surface area contributed by atoms with Crippen LogP contribution in [0.1, 0.15) is 0 Å². The summed E-state index contributed by atoms with van der Waals surface area (Å²) in [6.07, 6.45) is 0.836. The molecule has 0 unspecified atom stereocenters. The Morgan fingerprint density at radius 2 is 2.10 bits per heavy atom. The van der Waals surface area contributed by atoms with E-state index in [-0.39, 0.29) is 4.48 Å². The minimum absolute atomic E-state index is 0.223. The van der Waals surface area contributed by atoms with E-state index < -0.39 is 11.9 Å². The molecule has 1 N–H and O–H groups in total. The van der Waals surface area contributed by atoms with E-state index in [4.69, 9.17) is 5.11 Å². The molecule has 0 aromatic carbocycles. The highest BCUT2D eigenvalue weighted by Crippen LogP contribution is 2.03. The van der Waals surface area contributed by atoms with Crippen molar-refractivity contribution in [1.82, 2.24) is 0 Å². The first-order valence-corrected chi connectivity index (χ1v) is 3.05. The molecule has 10 heavy (non-hydrogen) atoms. The largest absolute Gasteiger partial charge is 0.477 e. The lowest BCUT2D eigenvalue weighted by Gasteiger charge is -1.90. The Balaban J connectivity index is 4.16. The monoisotopic (exact) mass is 208 g/mol. The van der Waals surface area contributed by atoms with Gasteiger partial charge in [0.1, 0.15) is 4.48 Å². The average Bonchev–Trinajstić information content (AvgIpc) is 1.87. The number of halogens is 1. The van der Waals surface area contributed by atoms with Gasteiger partial charge in [-0.2, -0.15) is 0 Å². The average molecular weight is 209 g/mol. The van der Waals surface area contributed by atoms with Gasteiger partial charge in [0, 0.05) is 6.08 Å². The van der Waals surface area contributed by atoms with Crippen LogP contribution in [0.25, 0.3) is 0 Å². The van der Waals surface area contributed by atoms with Crippen molar-refractivity contribution in [3.8, 4) is 0 Å². The second-order valence-electron chi connectivity index (χ2n) is 1.32. The third-order valence-corrected chi connectivity index (χ3v) is 1.22. The molecule has 0 radical (unpaired) electrons. The van der Waals surface area contributed by atoms with Gasteiger partial charge < -0.3 is 9.84 Å². The summed E-state index contributed by atoms with van der Waals surface area (Å²) in [7, 11) is 1.17. The summed E-state index contributed by atoms with van der Waals surface area (Å²) in [6, 6.07) is 0. The predicted molar refractivity (Wildman–Crippen MR) is 36.7 cm³/mol. The Labute approximate surface area is 65.6 Å². The number of hydrogen-bond donors (Lipinski definition) is 1. The predicted octanol–water partition coefficient (Wildman–Crippen LogP) is 0.523. The molecule has 4 nitrogen and oxygen atoms in total. The summed E-state index contributed by atoms with van der Waals surface area (Å²) >= 11 is 2.64. The Hall–Kier alpha value is -0.840. The van der Waals surface area contributed by atoms with Gasteiger partial charge in [-0.05, 0) is 15.9 Å². The summed E-state index contributed by atoms with van der Waals surface area (Å²) in [4.78, 5) is 20.4. The SMILES string of the molecule is COC(=O)/C=C(/Br)C(=O)O. The number of rotatable bonds is 2. The van der Waals surface area contributed by atoms with Gasteiger partial charge in [-0.3, -0.25) is 0 Å². The van der Waals surface area contributed by atoms with Crippen LogP contribution in [0.15, 0.2) is 10.6 Å². The molecule has 0 fully saturated rings. The maximum atomic E-state index is 10.3. The van der Waals surface area contributed by atoms with Crippen molar-refractivity contribution in [2.75, 3.05) is 7.11 Å². The molecule has 0 aliphatic rings. The van der Waals surface area contributed by atoms with Crippen LogP contribution >= 0.6 is 15.9 Å². The van der Waals surface area contributed by atoms with E-state index in [9.17, 15) is 9.59 Å². The van der Waals surface area contributed by atoms with Crippen LogP contribution in [0.4, 0.5) is 0 Å². The second kappa shape index (κ2) is 4.05. The Morgan fingerprint density at radius 1 is 1.60 bits per heavy atom. The topological polar surface area (TPSA) is 63.6 Å². The Kier molecular flexibility index (Phi) is 3.71. The lowest BCUT2D eigenvalue weighted by molar-refractivity contribution is -0.136. The Morgan fingerprint density at radius 3 is 2.40 bits per heavy atom. The molecule has 5 heteroatoms. The normalized spacial score (nSPS) is 10.8. The van der Waals surface area contributed by atoms with Crippen molar-refractivity contribution in [2.24, 2.45) is 0 Å². The summed E-state index contributed by atoms with van der Waals surface area (Å²) in [5.41, 5.74) is 0. The molecule has 0 atom stereocenters. The standard InChI is InChI=1S/C5H5BrO4/c1-10-4(7)2-3(6)5(8)9/h2H,1H3,(H,8,9)/b3-2+. The fourth-order valence-electron chi connectivity index (χ4n) is 0.224. The van der Waals surface area contributed by atoms with Gasteiger partial charge in [0.15, 0.2) is 0 Å². The number of esters is 1. The zero-order chi connectivity index (χ0) is 8.15. The summed E-state index contributed by atoms with van der Waals surface area (Å²) in [5, 5.41) is 8.20. The van der Waals surface area contributed by atoms with Gasteiger partial charge in [0.05, 0.1) is 7.11 Å². The van der Waals surface area contributed by atoms with E-state index in [1.54, 1.807) is 0 Å². The highest BCUT2D eigenvalue weighted by molar-refractivity contribution is 9.12. The molecule has 0 rings (SSSR count). The van der Waals surface area contributed by atoms with Gasteiger partial charge in [-0.25, -0.2) is 9.59 Å². The zero-order valence-corrected chi connectivity index (χ0v) is 6.71.